The number of benzene rings is 3. The van der Waals surface area contributed by atoms with Crippen molar-refractivity contribution in [1.82, 2.24) is 0 Å². The Hall–Kier alpha value is -3.57. The lowest BCUT2D eigenvalue weighted by molar-refractivity contribution is -0.274. The second-order valence-corrected chi connectivity index (χ2v) is 12.1. The number of hydrogen-bond donors (Lipinski definition) is 0. The molecule has 0 aliphatic heterocycles. The largest absolute Gasteiger partial charge is 0.573 e. The molecule has 0 spiro atoms. The van der Waals surface area contributed by atoms with Crippen molar-refractivity contribution in [3.05, 3.63) is 89.5 Å². The van der Waals surface area contributed by atoms with E-state index in [-0.39, 0.29) is 22.9 Å². The lowest BCUT2D eigenvalue weighted by atomic mass is 9.79. The predicted octanol–water partition coefficient (Wildman–Crippen LogP) is 7.25. The highest BCUT2D eigenvalue weighted by Crippen LogP contribution is 2.50. The minimum Gasteiger partial charge on any atom is -0.465 e. The lowest BCUT2D eigenvalue weighted by Gasteiger charge is -2.31. The first-order chi connectivity index (χ1) is 18.6. The van der Waals surface area contributed by atoms with E-state index in [1.807, 2.05) is 24.3 Å². The van der Waals surface area contributed by atoms with Gasteiger partial charge in [0.15, 0.2) is 0 Å². The Morgan fingerprint density at radius 1 is 1.00 bits per heavy atom. The van der Waals surface area contributed by atoms with Crippen LogP contribution in [0.2, 0.25) is 0 Å². The summed E-state index contributed by atoms with van der Waals surface area (Å²) in [6.07, 6.45) is -1.89. The molecule has 0 atom stereocenters. The molecule has 1 aliphatic carbocycles. The van der Waals surface area contributed by atoms with Gasteiger partial charge < -0.3 is 9.47 Å². The zero-order valence-electron chi connectivity index (χ0n) is 20.8. The van der Waals surface area contributed by atoms with Crippen molar-refractivity contribution in [2.24, 2.45) is 0 Å². The highest BCUT2D eigenvalue weighted by Gasteiger charge is 2.34. The topological polar surface area (TPSA) is 72.9 Å². The van der Waals surface area contributed by atoms with Crippen molar-refractivity contribution in [3.8, 4) is 5.75 Å². The van der Waals surface area contributed by atoms with Gasteiger partial charge in [0.05, 0.1) is 24.1 Å². The number of thiophene rings is 1. The zero-order valence-corrected chi connectivity index (χ0v) is 22.4. The predicted molar refractivity (Wildman–Crippen MR) is 143 cm³/mol. The number of nitrogens with zero attached hydrogens (tertiary/aromatic N) is 1. The second-order valence-electron chi connectivity index (χ2n) is 9.16. The van der Waals surface area contributed by atoms with E-state index in [0.29, 0.717) is 10.6 Å². The van der Waals surface area contributed by atoms with E-state index < -0.39 is 28.1 Å². The molecule has 0 unspecified atom stereocenters. The van der Waals surface area contributed by atoms with Gasteiger partial charge in [0.2, 0.25) is 0 Å². The first-order valence-electron chi connectivity index (χ1n) is 12.1. The third-order valence-electron chi connectivity index (χ3n) is 6.70. The van der Waals surface area contributed by atoms with Crippen LogP contribution in [0.1, 0.15) is 46.7 Å². The molecule has 5 rings (SSSR count). The highest BCUT2D eigenvalue weighted by molar-refractivity contribution is 7.93. The van der Waals surface area contributed by atoms with Gasteiger partial charge in [-0.3, -0.25) is 4.31 Å². The summed E-state index contributed by atoms with van der Waals surface area (Å²) in [7, 11) is -2.91. The summed E-state index contributed by atoms with van der Waals surface area (Å²) in [6.45, 7) is -0.111. The number of methoxy groups -OCH3 is 1. The van der Waals surface area contributed by atoms with Gasteiger partial charge in [0.25, 0.3) is 10.0 Å². The molecule has 1 aromatic heterocycles. The smallest absolute Gasteiger partial charge is 0.465 e. The number of carbonyl (C=O) groups is 1. The number of esters is 1. The number of halogens is 3. The maximum Gasteiger partial charge on any atom is 0.573 e. The molecule has 1 heterocycles. The number of hydrogen-bond acceptors (Lipinski definition) is 6. The Balaban J connectivity index is 1.60. The van der Waals surface area contributed by atoms with Gasteiger partial charge in [-0.15, -0.1) is 24.5 Å². The molecule has 0 radical (unpaired) electrons. The number of alkyl halides is 3. The summed E-state index contributed by atoms with van der Waals surface area (Å²) in [4.78, 5) is 11.9. The van der Waals surface area contributed by atoms with Crippen molar-refractivity contribution in [1.29, 1.82) is 0 Å². The summed E-state index contributed by atoms with van der Waals surface area (Å²) < 4.78 is 77.2. The fourth-order valence-electron chi connectivity index (χ4n) is 4.57. The lowest BCUT2D eigenvalue weighted by Crippen LogP contribution is -2.31. The molecular weight excluding hydrogens is 551 g/mol. The first-order valence-corrected chi connectivity index (χ1v) is 14.4. The Morgan fingerprint density at radius 2 is 1.67 bits per heavy atom. The minimum atomic E-state index is -4.83. The molecule has 204 valence electrons. The van der Waals surface area contributed by atoms with Gasteiger partial charge in [-0.05, 0) is 77.7 Å². The molecule has 0 bridgehead atoms. The van der Waals surface area contributed by atoms with Gasteiger partial charge in [-0.2, -0.15) is 0 Å². The van der Waals surface area contributed by atoms with E-state index in [1.165, 1.54) is 59.2 Å². The molecule has 0 amide bonds. The maximum atomic E-state index is 14.1. The first kappa shape index (κ1) is 27.0. The van der Waals surface area contributed by atoms with E-state index in [2.05, 4.69) is 4.74 Å². The Kier molecular flexibility index (Phi) is 7.30. The summed E-state index contributed by atoms with van der Waals surface area (Å²) in [5.41, 5.74) is 1.66. The molecule has 0 saturated heterocycles. The van der Waals surface area contributed by atoms with Gasteiger partial charge >= 0.3 is 12.3 Å². The normalized spacial score (nSPS) is 14.2. The number of carbonyl (C=O) groups excluding carboxylic acids is 1. The van der Waals surface area contributed by atoms with E-state index in [9.17, 15) is 26.4 Å². The zero-order chi connectivity index (χ0) is 27.8. The molecule has 1 fully saturated rings. The average Bonchev–Trinajstić information content (AvgIpc) is 3.24. The van der Waals surface area contributed by atoms with Crippen molar-refractivity contribution < 1.29 is 35.9 Å². The van der Waals surface area contributed by atoms with Crippen LogP contribution in [-0.4, -0.2) is 27.9 Å². The summed E-state index contributed by atoms with van der Waals surface area (Å²) in [5, 5.41) is 1.57. The molecule has 0 N–H and O–H groups in total. The fraction of sp³-hybridized carbons (Fsp3) is 0.250. The second kappa shape index (κ2) is 10.5. The van der Waals surface area contributed by atoms with Crippen LogP contribution in [0.5, 0.6) is 5.75 Å². The third-order valence-corrected chi connectivity index (χ3v) is 9.79. The van der Waals surface area contributed by atoms with Crippen molar-refractivity contribution >= 4 is 42.4 Å². The molecular formula is C28H24F3NO5S2. The van der Waals surface area contributed by atoms with Crippen molar-refractivity contribution in [2.75, 3.05) is 11.4 Å². The summed E-state index contributed by atoms with van der Waals surface area (Å²) >= 11 is 1.37. The maximum absolute atomic E-state index is 14.1. The molecule has 39 heavy (non-hydrogen) atoms. The number of ether oxygens (including phenoxy) is 2. The highest BCUT2D eigenvalue weighted by atomic mass is 32.2. The quantitative estimate of drug-likeness (QED) is 0.207. The van der Waals surface area contributed by atoms with Crippen LogP contribution in [0.3, 0.4) is 0 Å². The van der Waals surface area contributed by atoms with Crippen LogP contribution >= 0.6 is 11.3 Å². The molecule has 1 saturated carbocycles. The fourth-order valence-corrected chi connectivity index (χ4v) is 7.54. The van der Waals surface area contributed by atoms with Gasteiger partial charge in [0, 0.05) is 4.70 Å². The Bertz CT molecular complexity index is 1590. The molecule has 3 aromatic carbocycles. The standard InChI is InChI=1S/C28H24F3NO5S2/c1-36-27(33)20-11-15-22(16-12-20)39(34,35)32(17-18-9-13-21(14-10-18)37-28(29,30)31)26-25(19-5-4-6-19)23-7-2-3-8-24(23)38-26/h2-3,7-16,19H,4-6,17H2,1H3. The van der Waals surface area contributed by atoms with Crippen LogP contribution in [0.25, 0.3) is 10.1 Å². The summed E-state index contributed by atoms with van der Waals surface area (Å²) in [5.74, 6) is -0.775. The van der Waals surface area contributed by atoms with Gasteiger partial charge in [0.1, 0.15) is 10.8 Å². The van der Waals surface area contributed by atoms with E-state index >= 15 is 0 Å². The number of sulfonamides is 1. The molecule has 1 aliphatic rings. The van der Waals surface area contributed by atoms with Crippen molar-refractivity contribution in [3.63, 3.8) is 0 Å². The molecule has 4 aromatic rings. The van der Waals surface area contributed by atoms with Gasteiger partial charge in [-0.1, -0.05) is 36.8 Å². The van der Waals surface area contributed by atoms with Crippen LogP contribution in [-0.2, 0) is 21.3 Å². The van der Waals surface area contributed by atoms with Crippen molar-refractivity contribution in [2.45, 2.75) is 43.0 Å². The minimum absolute atomic E-state index is 0.0239. The summed E-state index contributed by atoms with van der Waals surface area (Å²) in [6, 6.07) is 18.4. The number of rotatable bonds is 8. The van der Waals surface area contributed by atoms with Crippen LogP contribution < -0.4 is 9.04 Å². The molecule has 11 heteroatoms. The third kappa shape index (κ3) is 5.60. The van der Waals surface area contributed by atoms with Crippen LogP contribution in [0.15, 0.2) is 77.7 Å². The van der Waals surface area contributed by atoms with Gasteiger partial charge in [-0.25, -0.2) is 13.2 Å². The van der Waals surface area contributed by atoms with E-state index in [4.69, 9.17) is 4.74 Å². The van der Waals surface area contributed by atoms with Crippen LogP contribution in [0.4, 0.5) is 18.2 Å². The average molecular weight is 576 g/mol. The Morgan fingerprint density at radius 3 is 2.26 bits per heavy atom. The monoisotopic (exact) mass is 575 g/mol. The van der Waals surface area contributed by atoms with Crippen LogP contribution in [0, 0.1) is 0 Å². The SMILES string of the molecule is COC(=O)c1ccc(S(=O)(=O)N(Cc2ccc(OC(F)(F)F)cc2)c2sc3ccccc3c2C2CCC2)cc1. The Labute approximate surface area is 227 Å². The number of anilines is 1. The molecule has 6 nitrogen and oxygen atoms in total. The van der Waals surface area contributed by atoms with E-state index in [0.717, 1.165) is 47.0 Å². The van der Waals surface area contributed by atoms with E-state index in [1.54, 1.807) is 0 Å². The number of fused-ring (bicyclic) bond motifs is 1.